The molecule has 86 valence electrons. The van der Waals surface area contributed by atoms with E-state index in [1.807, 2.05) is 19.1 Å². The van der Waals surface area contributed by atoms with Gasteiger partial charge >= 0.3 is 5.97 Å². The van der Waals surface area contributed by atoms with Crippen LogP contribution < -0.4 is 0 Å². The van der Waals surface area contributed by atoms with E-state index in [2.05, 4.69) is 0 Å². The fourth-order valence-corrected chi connectivity index (χ4v) is 1.96. The van der Waals surface area contributed by atoms with Crippen LogP contribution in [0.3, 0.4) is 0 Å². The van der Waals surface area contributed by atoms with E-state index in [-0.39, 0.29) is 5.56 Å². The van der Waals surface area contributed by atoms with Crippen LogP contribution in [0.25, 0.3) is 11.1 Å². The van der Waals surface area contributed by atoms with Crippen molar-refractivity contribution in [1.29, 1.82) is 0 Å². The van der Waals surface area contributed by atoms with Gasteiger partial charge in [0.25, 0.3) is 0 Å². The molecule has 2 rings (SSSR count). The zero-order valence-electron chi connectivity index (χ0n) is 9.27. The maximum absolute atomic E-state index is 11.2. The van der Waals surface area contributed by atoms with Gasteiger partial charge in [0.2, 0.25) is 0 Å². The van der Waals surface area contributed by atoms with Crippen LogP contribution in [0.1, 0.15) is 15.9 Å². The van der Waals surface area contributed by atoms with Gasteiger partial charge in [-0.25, -0.2) is 4.79 Å². The molecule has 1 N–H and O–H groups in total. The van der Waals surface area contributed by atoms with E-state index in [0.29, 0.717) is 10.6 Å². The van der Waals surface area contributed by atoms with E-state index in [4.69, 9.17) is 16.7 Å². The number of carboxylic acid groups (broad SMARTS) is 1. The zero-order valence-corrected chi connectivity index (χ0v) is 10.0. The number of hydrogen-bond donors (Lipinski definition) is 1. The van der Waals surface area contributed by atoms with Gasteiger partial charge in [0.05, 0.1) is 5.56 Å². The summed E-state index contributed by atoms with van der Waals surface area (Å²) >= 11 is 5.95. The molecule has 2 nitrogen and oxygen atoms in total. The molecule has 0 saturated carbocycles. The lowest BCUT2D eigenvalue weighted by Gasteiger charge is -2.09. The maximum Gasteiger partial charge on any atom is 0.336 e. The molecule has 2 aromatic rings. The second-order valence-electron chi connectivity index (χ2n) is 3.81. The number of aryl methyl sites for hydroxylation is 1. The number of carboxylic acids is 1. The standard InChI is InChI=1S/C14H11ClO2/c1-9-6-7-10(15)8-13(9)11-4-2-3-5-12(11)14(16)17/h2-8H,1H3,(H,16,17). The van der Waals surface area contributed by atoms with Crippen LogP contribution in [0.5, 0.6) is 0 Å². The van der Waals surface area contributed by atoms with Crippen molar-refractivity contribution in [2.45, 2.75) is 6.92 Å². The summed E-state index contributed by atoms with van der Waals surface area (Å²) < 4.78 is 0. The molecule has 0 heterocycles. The average Bonchev–Trinajstić information content (AvgIpc) is 2.32. The van der Waals surface area contributed by atoms with Gasteiger partial charge in [0.1, 0.15) is 0 Å². The van der Waals surface area contributed by atoms with Gasteiger partial charge in [-0.05, 0) is 41.8 Å². The fraction of sp³-hybridized carbons (Fsp3) is 0.0714. The van der Waals surface area contributed by atoms with Crippen LogP contribution in [-0.4, -0.2) is 11.1 Å². The zero-order chi connectivity index (χ0) is 12.4. The number of aromatic carboxylic acids is 1. The average molecular weight is 247 g/mol. The third kappa shape index (κ3) is 2.32. The molecule has 3 heteroatoms. The van der Waals surface area contributed by atoms with Crippen molar-refractivity contribution in [3.63, 3.8) is 0 Å². The Bertz CT molecular complexity index is 576. The Hall–Kier alpha value is -1.80. The molecule has 0 unspecified atom stereocenters. The van der Waals surface area contributed by atoms with Crippen molar-refractivity contribution in [3.8, 4) is 11.1 Å². The number of carbonyl (C=O) groups is 1. The molecule has 0 aliphatic heterocycles. The summed E-state index contributed by atoms with van der Waals surface area (Å²) in [6.45, 7) is 1.93. The third-order valence-electron chi connectivity index (χ3n) is 2.65. The van der Waals surface area contributed by atoms with Gasteiger partial charge in [-0.2, -0.15) is 0 Å². The molecule has 0 aliphatic carbocycles. The molecule has 2 aromatic carbocycles. The lowest BCUT2D eigenvalue weighted by Crippen LogP contribution is -1.99. The van der Waals surface area contributed by atoms with E-state index in [1.54, 1.807) is 30.3 Å². The minimum atomic E-state index is -0.931. The van der Waals surface area contributed by atoms with E-state index in [1.165, 1.54) is 0 Å². The van der Waals surface area contributed by atoms with E-state index in [0.717, 1.165) is 11.1 Å². The van der Waals surface area contributed by atoms with Crippen molar-refractivity contribution >= 4 is 17.6 Å². The van der Waals surface area contributed by atoms with Gasteiger partial charge in [-0.15, -0.1) is 0 Å². The van der Waals surface area contributed by atoms with Gasteiger partial charge in [-0.1, -0.05) is 35.9 Å². The van der Waals surface area contributed by atoms with E-state index >= 15 is 0 Å². The maximum atomic E-state index is 11.2. The SMILES string of the molecule is Cc1ccc(Cl)cc1-c1ccccc1C(=O)O. The van der Waals surface area contributed by atoms with Gasteiger partial charge in [-0.3, -0.25) is 0 Å². The highest BCUT2D eigenvalue weighted by Crippen LogP contribution is 2.29. The van der Waals surface area contributed by atoms with Crippen molar-refractivity contribution in [1.82, 2.24) is 0 Å². The summed E-state index contributed by atoms with van der Waals surface area (Å²) in [7, 11) is 0. The Kier molecular flexibility index (Phi) is 3.16. The van der Waals surface area contributed by atoms with E-state index < -0.39 is 5.97 Å². The summed E-state index contributed by atoms with van der Waals surface area (Å²) in [4.78, 5) is 11.2. The Morgan fingerprint density at radius 3 is 2.53 bits per heavy atom. The molecule has 0 fully saturated rings. The molecule has 0 aromatic heterocycles. The molecular formula is C14H11ClO2. The van der Waals surface area contributed by atoms with Crippen LogP contribution in [0, 0.1) is 6.92 Å². The normalized spacial score (nSPS) is 10.2. The topological polar surface area (TPSA) is 37.3 Å². The van der Waals surface area contributed by atoms with Crippen molar-refractivity contribution < 1.29 is 9.90 Å². The predicted molar refractivity (Wildman–Crippen MR) is 68.6 cm³/mol. The number of hydrogen-bond acceptors (Lipinski definition) is 1. The lowest BCUT2D eigenvalue weighted by molar-refractivity contribution is 0.0698. The summed E-state index contributed by atoms with van der Waals surface area (Å²) in [5, 5.41) is 9.76. The molecular weight excluding hydrogens is 236 g/mol. The largest absolute Gasteiger partial charge is 0.478 e. The minimum absolute atomic E-state index is 0.290. The smallest absolute Gasteiger partial charge is 0.336 e. The van der Waals surface area contributed by atoms with Crippen molar-refractivity contribution in [2.24, 2.45) is 0 Å². The minimum Gasteiger partial charge on any atom is -0.478 e. The summed E-state index contributed by atoms with van der Waals surface area (Å²) in [6.07, 6.45) is 0. The molecule has 0 aliphatic rings. The van der Waals surface area contributed by atoms with Crippen LogP contribution in [-0.2, 0) is 0 Å². The second kappa shape index (κ2) is 4.60. The lowest BCUT2D eigenvalue weighted by atomic mass is 9.96. The molecule has 0 atom stereocenters. The first kappa shape index (κ1) is 11.7. The summed E-state index contributed by atoms with van der Waals surface area (Å²) in [5.41, 5.74) is 2.84. The molecule has 0 radical (unpaired) electrons. The summed E-state index contributed by atoms with van der Waals surface area (Å²) in [6, 6.07) is 12.4. The van der Waals surface area contributed by atoms with Crippen LogP contribution >= 0.6 is 11.6 Å². The van der Waals surface area contributed by atoms with Crippen molar-refractivity contribution in [3.05, 3.63) is 58.6 Å². The first-order valence-corrected chi connectivity index (χ1v) is 5.56. The molecule has 0 saturated heterocycles. The number of rotatable bonds is 2. The van der Waals surface area contributed by atoms with E-state index in [9.17, 15) is 4.79 Å². The van der Waals surface area contributed by atoms with Crippen LogP contribution in [0.2, 0.25) is 5.02 Å². The first-order valence-electron chi connectivity index (χ1n) is 5.18. The Morgan fingerprint density at radius 2 is 1.82 bits per heavy atom. The summed E-state index contributed by atoms with van der Waals surface area (Å²) in [5.74, 6) is -0.931. The monoisotopic (exact) mass is 246 g/mol. The fourth-order valence-electron chi connectivity index (χ4n) is 1.79. The highest BCUT2D eigenvalue weighted by Gasteiger charge is 2.12. The van der Waals surface area contributed by atoms with Gasteiger partial charge < -0.3 is 5.11 Å². The molecule has 0 amide bonds. The first-order chi connectivity index (χ1) is 8.09. The Morgan fingerprint density at radius 1 is 1.12 bits per heavy atom. The number of benzene rings is 2. The van der Waals surface area contributed by atoms with Crippen LogP contribution in [0.15, 0.2) is 42.5 Å². The molecule has 0 spiro atoms. The van der Waals surface area contributed by atoms with Crippen molar-refractivity contribution in [2.75, 3.05) is 0 Å². The van der Waals surface area contributed by atoms with Gasteiger partial charge in [0, 0.05) is 5.02 Å². The van der Waals surface area contributed by atoms with Crippen LogP contribution in [0.4, 0.5) is 0 Å². The highest BCUT2D eigenvalue weighted by molar-refractivity contribution is 6.31. The highest BCUT2D eigenvalue weighted by atomic mass is 35.5. The molecule has 17 heavy (non-hydrogen) atoms. The predicted octanol–water partition coefficient (Wildman–Crippen LogP) is 4.01. The molecule has 0 bridgehead atoms. The second-order valence-corrected chi connectivity index (χ2v) is 4.25. The number of halogens is 1. The Labute approximate surface area is 104 Å². The quantitative estimate of drug-likeness (QED) is 0.869. The third-order valence-corrected chi connectivity index (χ3v) is 2.88. The van der Waals surface area contributed by atoms with Gasteiger partial charge in [0.15, 0.2) is 0 Å². The Balaban J connectivity index is 2.68.